The van der Waals surface area contributed by atoms with Gasteiger partial charge < -0.3 is 5.11 Å². The molecule has 3 fully saturated rings. The Bertz CT molecular complexity index is 620. The number of hydrogen-bond acceptors (Lipinski definition) is 1. The lowest BCUT2D eigenvalue weighted by atomic mass is 9.47. The molecule has 0 aromatic heterocycles. The Kier molecular flexibility index (Phi) is 6.04. The average molecular weight is 401 g/mol. The highest BCUT2D eigenvalue weighted by Crippen LogP contribution is 2.67. The summed E-state index contributed by atoms with van der Waals surface area (Å²) in [5.74, 6) is 6.25. The lowest BCUT2D eigenvalue weighted by molar-refractivity contribution is -0.0580. The first-order valence-corrected chi connectivity index (χ1v) is 13.0. The first kappa shape index (κ1) is 21.9. The first-order chi connectivity index (χ1) is 13.6. The van der Waals surface area contributed by atoms with Gasteiger partial charge in [-0.15, -0.1) is 0 Å². The second-order valence-electron chi connectivity index (χ2n) is 12.8. The number of rotatable bonds is 5. The molecule has 1 heteroatoms. The normalized spacial score (nSPS) is 46.5. The molecule has 0 aromatic carbocycles. The lowest BCUT2D eigenvalue weighted by Gasteiger charge is -2.58. The summed E-state index contributed by atoms with van der Waals surface area (Å²) in [4.78, 5) is 0. The fraction of sp³-hybridized carbons (Fsp3) is 0.929. The summed E-state index contributed by atoms with van der Waals surface area (Å²) in [5.41, 5.74) is 2.58. The Morgan fingerprint density at radius 1 is 0.966 bits per heavy atom. The van der Waals surface area contributed by atoms with Crippen molar-refractivity contribution >= 4 is 0 Å². The minimum absolute atomic E-state index is 0.0794. The predicted octanol–water partition coefficient (Wildman–Crippen LogP) is 7.63. The van der Waals surface area contributed by atoms with Gasteiger partial charge in [0.1, 0.15) is 0 Å². The van der Waals surface area contributed by atoms with Gasteiger partial charge in [-0.2, -0.15) is 0 Å². The molecule has 0 heterocycles. The molecule has 0 radical (unpaired) electrons. The van der Waals surface area contributed by atoms with E-state index in [9.17, 15) is 5.11 Å². The van der Waals surface area contributed by atoms with Gasteiger partial charge in [-0.3, -0.25) is 0 Å². The number of allylic oxidation sites excluding steroid dienone is 1. The molecule has 1 N–H and O–H groups in total. The fourth-order valence-corrected chi connectivity index (χ4v) is 9.32. The first-order valence-electron chi connectivity index (χ1n) is 13.0. The van der Waals surface area contributed by atoms with Gasteiger partial charge in [0.2, 0.25) is 0 Å². The third-order valence-corrected chi connectivity index (χ3v) is 10.5. The van der Waals surface area contributed by atoms with Crippen molar-refractivity contribution in [1.82, 2.24) is 0 Å². The third-order valence-electron chi connectivity index (χ3n) is 10.5. The molecule has 1 nitrogen and oxygen atoms in total. The van der Waals surface area contributed by atoms with Crippen molar-refractivity contribution in [3.05, 3.63) is 11.6 Å². The van der Waals surface area contributed by atoms with E-state index in [-0.39, 0.29) is 6.10 Å². The summed E-state index contributed by atoms with van der Waals surface area (Å²) < 4.78 is 0. The Labute approximate surface area is 181 Å². The van der Waals surface area contributed by atoms with Crippen molar-refractivity contribution < 1.29 is 5.11 Å². The second kappa shape index (κ2) is 7.99. The van der Waals surface area contributed by atoms with Crippen LogP contribution in [0.1, 0.15) is 106 Å². The SMILES string of the molecule is CC(C)CC(C)C[C@@H](C)[C@H]1CC[C@H]2[C@@H]3CC=C4C[C@@H](O)CC[C@]4(C)[C@H]3CC[C@]12C. The average Bonchev–Trinajstić information content (AvgIpc) is 2.99. The van der Waals surface area contributed by atoms with Crippen LogP contribution in [-0.2, 0) is 0 Å². The van der Waals surface area contributed by atoms with Crippen molar-refractivity contribution in [2.45, 2.75) is 112 Å². The molecule has 0 aromatic rings. The molecule has 4 aliphatic carbocycles. The summed E-state index contributed by atoms with van der Waals surface area (Å²) in [6.07, 6.45) is 15.7. The number of aliphatic hydroxyl groups is 1. The topological polar surface area (TPSA) is 20.2 Å². The predicted molar refractivity (Wildman–Crippen MR) is 124 cm³/mol. The molecule has 0 amide bonds. The van der Waals surface area contributed by atoms with E-state index in [1.807, 2.05) is 0 Å². The molecular weight excluding hydrogens is 352 g/mol. The van der Waals surface area contributed by atoms with Crippen LogP contribution in [0, 0.1) is 52.3 Å². The van der Waals surface area contributed by atoms with E-state index in [1.165, 1.54) is 51.4 Å². The third kappa shape index (κ3) is 3.77. The van der Waals surface area contributed by atoms with Gasteiger partial charge in [-0.25, -0.2) is 0 Å². The van der Waals surface area contributed by atoms with Gasteiger partial charge >= 0.3 is 0 Å². The molecular formula is C28H48O. The standard InChI is InChI=1S/C28H48O/c1-18(2)15-19(3)16-20(4)24-9-10-25-23-8-7-21-17-22(29)11-13-27(21,5)26(23)12-14-28(24,25)6/h7,18-20,22-26,29H,8-17H2,1-6H3/t19?,20-,22+,23+,24-,25+,26+,27+,28-/m1/s1. The van der Waals surface area contributed by atoms with Crippen molar-refractivity contribution in [3.63, 3.8) is 0 Å². The summed E-state index contributed by atoms with van der Waals surface area (Å²) in [6, 6.07) is 0. The Morgan fingerprint density at radius 3 is 2.45 bits per heavy atom. The monoisotopic (exact) mass is 400 g/mol. The summed E-state index contributed by atoms with van der Waals surface area (Å²) in [6.45, 7) is 15.1. The van der Waals surface area contributed by atoms with Crippen LogP contribution < -0.4 is 0 Å². The van der Waals surface area contributed by atoms with E-state index in [0.717, 1.165) is 54.3 Å². The minimum atomic E-state index is -0.0794. The van der Waals surface area contributed by atoms with Crippen LogP contribution in [0.5, 0.6) is 0 Å². The number of fused-ring (bicyclic) bond motifs is 5. The van der Waals surface area contributed by atoms with Gasteiger partial charge in [0.05, 0.1) is 6.10 Å². The number of hydrogen-bond donors (Lipinski definition) is 1. The molecule has 0 spiro atoms. The lowest BCUT2D eigenvalue weighted by Crippen LogP contribution is -2.50. The van der Waals surface area contributed by atoms with Gasteiger partial charge in [-0.1, -0.05) is 53.2 Å². The van der Waals surface area contributed by atoms with Crippen molar-refractivity contribution in [2.24, 2.45) is 52.3 Å². The highest BCUT2D eigenvalue weighted by Gasteiger charge is 2.59. The van der Waals surface area contributed by atoms with Gasteiger partial charge in [0, 0.05) is 0 Å². The molecule has 3 saturated carbocycles. The molecule has 0 aliphatic heterocycles. The summed E-state index contributed by atoms with van der Waals surface area (Å²) in [7, 11) is 0. The van der Waals surface area contributed by atoms with E-state index in [4.69, 9.17) is 0 Å². The molecule has 1 unspecified atom stereocenters. The molecule has 29 heavy (non-hydrogen) atoms. The van der Waals surface area contributed by atoms with Gasteiger partial charge in [0.15, 0.2) is 0 Å². The van der Waals surface area contributed by atoms with Crippen molar-refractivity contribution in [1.29, 1.82) is 0 Å². The smallest absolute Gasteiger partial charge is 0.0577 e. The van der Waals surface area contributed by atoms with Crippen LogP contribution in [0.2, 0.25) is 0 Å². The van der Waals surface area contributed by atoms with Crippen LogP contribution in [0.3, 0.4) is 0 Å². The Balaban J connectivity index is 1.50. The Hall–Kier alpha value is -0.300. The molecule has 0 saturated heterocycles. The molecule has 9 atom stereocenters. The maximum atomic E-state index is 10.2. The van der Waals surface area contributed by atoms with Crippen LogP contribution in [0.15, 0.2) is 11.6 Å². The van der Waals surface area contributed by atoms with E-state index < -0.39 is 0 Å². The molecule has 4 rings (SSSR count). The molecule has 4 aliphatic rings. The van der Waals surface area contributed by atoms with Gasteiger partial charge in [0.25, 0.3) is 0 Å². The zero-order valence-electron chi connectivity index (χ0n) is 20.2. The maximum Gasteiger partial charge on any atom is 0.0577 e. The minimum Gasteiger partial charge on any atom is -0.393 e. The van der Waals surface area contributed by atoms with E-state index in [1.54, 1.807) is 5.57 Å². The Morgan fingerprint density at radius 2 is 1.72 bits per heavy atom. The van der Waals surface area contributed by atoms with Crippen molar-refractivity contribution in [2.75, 3.05) is 0 Å². The highest BCUT2D eigenvalue weighted by atomic mass is 16.3. The maximum absolute atomic E-state index is 10.2. The van der Waals surface area contributed by atoms with Crippen molar-refractivity contribution in [3.8, 4) is 0 Å². The number of aliphatic hydroxyl groups excluding tert-OH is 1. The van der Waals surface area contributed by atoms with Crippen LogP contribution in [-0.4, -0.2) is 11.2 Å². The van der Waals surface area contributed by atoms with E-state index in [2.05, 4.69) is 47.6 Å². The quantitative estimate of drug-likeness (QED) is 0.470. The van der Waals surface area contributed by atoms with E-state index >= 15 is 0 Å². The zero-order chi connectivity index (χ0) is 21.0. The van der Waals surface area contributed by atoms with Crippen LogP contribution >= 0.6 is 0 Å². The van der Waals surface area contributed by atoms with Crippen LogP contribution in [0.25, 0.3) is 0 Å². The molecule has 0 bridgehead atoms. The largest absolute Gasteiger partial charge is 0.393 e. The highest BCUT2D eigenvalue weighted by molar-refractivity contribution is 5.25. The molecule has 166 valence electrons. The summed E-state index contributed by atoms with van der Waals surface area (Å²) in [5, 5.41) is 10.2. The fourth-order valence-electron chi connectivity index (χ4n) is 9.32. The van der Waals surface area contributed by atoms with Gasteiger partial charge in [-0.05, 0) is 116 Å². The van der Waals surface area contributed by atoms with Crippen LogP contribution in [0.4, 0.5) is 0 Å². The second-order valence-corrected chi connectivity index (χ2v) is 12.8. The van der Waals surface area contributed by atoms with E-state index in [0.29, 0.717) is 10.8 Å². The zero-order valence-corrected chi connectivity index (χ0v) is 20.2. The summed E-state index contributed by atoms with van der Waals surface area (Å²) >= 11 is 0.